The van der Waals surface area contributed by atoms with Gasteiger partial charge in [-0.05, 0) is 0 Å². The van der Waals surface area contributed by atoms with Crippen LogP contribution in [0.25, 0.3) is 0 Å². The highest BCUT2D eigenvalue weighted by atomic mass is 19.4. The van der Waals surface area contributed by atoms with E-state index in [2.05, 4.69) is 9.47 Å². The second-order valence-corrected chi connectivity index (χ2v) is 2.64. The Morgan fingerprint density at radius 2 is 1.59 bits per heavy atom. The smallest absolute Gasteiger partial charge is 0.309 e. The molecule has 1 saturated heterocycles. The van der Waals surface area contributed by atoms with E-state index in [0.717, 1.165) is 0 Å². The maximum atomic E-state index is 11.4. The van der Waals surface area contributed by atoms with Gasteiger partial charge in [-0.3, -0.25) is 0 Å². The lowest BCUT2D eigenvalue weighted by molar-refractivity contribution is -0.441. The number of hydrogen-bond donors (Lipinski definition) is 0. The Balaban J connectivity index is 0.000000302. The first-order valence-electron chi connectivity index (χ1n) is 3.72. The third-order valence-corrected chi connectivity index (χ3v) is 1.33. The molecule has 1 heterocycles. The Morgan fingerprint density at radius 3 is 1.65 bits per heavy atom. The van der Waals surface area contributed by atoms with Gasteiger partial charge >= 0.3 is 18.2 Å². The predicted molar refractivity (Wildman–Crippen MR) is 33.9 cm³/mol. The largest absolute Gasteiger partial charge is 0.445 e. The molecule has 1 fully saturated rings. The van der Waals surface area contributed by atoms with Gasteiger partial charge in [0, 0.05) is 0 Å². The monoisotopic (exact) mass is 280 g/mol. The molecule has 0 aliphatic carbocycles. The lowest BCUT2D eigenvalue weighted by Gasteiger charge is -2.34. The fraction of sp³-hybridized carbons (Fsp3) is 1.00. The van der Waals surface area contributed by atoms with Crippen LogP contribution in [-0.4, -0.2) is 38.0 Å². The highest BCUT2D eigenvalue weighted by molar-refractivity contribution is 4.85. The summed E-state index contributed by atoms with van der Waals surface area (Å²) in [5.41, 5.74) is 0. The molecular formula is C6H5F9O2. The molecule has 1 aliphatic heterocycles. The van der Waals surface area contributed by atoms with Crippen molar-refractivity contribution >= 4 is 0 Å². The number of ether oxygens (including phenoxy) is 2. The molecule has 0 spiro atoms. The molecule has 0 N–H and O–H groups in total. The summed E-state index contributed by atoms with van der Waals surface area (Å²) in [6.45, 7) is -2.94. The van der Waals surface area contributed by atoms with Crippen molar-refractivity contribution in [2.75, 3.05) is 13.5 Å². The van der Waals surface area contributed by atoms with Crippen LogP contribution in [0.4, 0.5) is 39.5 Å². The Bertz CT molecular complexity index is 224. The first kappa shape index (κ1) is 16.3. The zero-order valence-electron chi connectivity index (χ0n) is 7.71. The molecule has 0 aromatic heterocycles. The molecule has 1 atom stereocenters. The molecular weight excluding hydrogens is 275 g/mol. The Labute approximate surface area is 88.3 Å². The molecule has 0 radical (unpaired) electrons. The number of rotatable bonds is 2. The van der Waals surface area contributed by atoms with E-state index in [-0.39, 0.29) is 0 Å². The van der Waals surface area contributed by atoms with Gasteiger partial charge < -0.3 is 9.47 Å². The molecule has 2 nitrogen and oxygen atoms in total. The third kappa shape index (κ3) is 4.58. The predicted octanol–water partition coefficient (Wildman–Crippen LogP) is 3.03. The van der Waals surface area contributed by atoms with Gasteiger partial charge in [-0.1, -0.05) is 0 Å². The highest BCUT2D eigenvalue weighted by Gasteiger charge is 2.67. The van der Waals surface area contributed by atoms with E-state index in [1.807, 2.05) is 0 Å². The zero-order valence-corrected chi connectivity index (χ0v) is 7.71. The standard InChI is InChI=1S/C3H3F5O.C3H2F4O/c4-1-9-2(5)3(6,7)8;4-2(5)1-8-3(2,6)7/h2H,1H2;1H2. The first-order chi connectivity index (χ1) is 7.44. The van der Waals surface area contributed by atoms with Crippen LogP contribution in [0, 0.1) is 0 Å². The lowest BCUT2D eigenvalue weighted by atomic mass is 10.2. The maximum absolute atomic E-state index is 11.4. The molecule has 0 aromatic rings. The summed E-state index contributed by atoms with van der Waals surface area (Å²) in [4.78, 5) is 0. The molecule has 1 unspecified atom stereocenters. The summed E-state index contributed by atoms with van der Waals surface area (Å²) >= 11 is 0. The molecule has 0 amide bonds. The summed E-state index contributed by atoms with van der Waals surface area (Å²) in [5, 5.41) is 0. The summed E-state index contributed by atoms with van der Waals surface area (Å²) < 4.78 is 107. The molecule has 11 heteroatoms. The van der Waals surface area contributed by atoms with Crippen molar-refractivity contribution in [2.45, 2.75) is 24.6 Å². The van der Waals surface area contributed by atoms with Crippen LogP contribution in [0.3, 0.4) is 0 Å². The quantitative estimate of drug-likeness (QED) is 0.724. The van der Waals surface area contributed by atoms with E-state index < -0.39 is 38.0 Å². The van der Waals surface area contributed by atoms with Crippen molar-refractivity contribution in [1.82, 2.24) is 0 Å². The van der Waals surface area contributed by atoms with Crippen molar-refractivity contribution in [1.29, 1.82) is 0 Å². The Morgan fingerprint density at radius 1 is 1.18 bits per heavy atom. The summed E-state index contributed by atoms with van der Waals surface area (Å²) in [5.74, 6) is -3.94. The van der Waals surface area contributed by atoms with Gasteiger partial charge in [0.25, 0.3) is 6.36 Å². The molecule has 1 aliphatic rings. The Kier molecular flexibility index (Phi) is 5.07. The molecule has 17 heavy (non-hydrogen) atoms. The van der Waals surface area contributed by atoms with Gasteiger partial charge in [0.2, 0.25) is 0 Å². The lowest BCUT2D eigenvalue weighted by Crippen LogP contribution is -2.57. The van der Waals surface area contributed by atoms with Crippen LogP contribution >= 0.6 is 0 Å². The van der Waals surface area contributed by atoms with Crippen molar-refractivity contribution in [3.8, 4) is 0 Å². The summed E-state index contributed by atoms with van der Waals surface area (Å²) in [6.07, 6.45) is -12.8. The van der Waals surface area contributed by atoms with Gasteiger partial charge in [-0.2, -0.15) is 30.7 Å². The minimum Gasteiger partial charge on any atom is -0.309 e. The normalized spacial score (nSPS) is 23.1. The molecule has 1 rings (SSSR count). The van der Waals surface area contributed by atoms with E-state index in [4.69, 9.17) is 0 Å². The highest BCUT2D eigenvalue weighted by Crippen LogP contribution is 2.43. The van der Waals surface area contributed by atoms with Crippen LogP contribution in [0.1, 0.15) is 0 Å². The van der Waals surface area contributed by atoms with Crippen molar-refractivity contribution in [3.05, 3.63) is 0 Å². The average Bonchev–Trinajstić information content (AvgIpc) is 2.16. The second-order valence-electron chi connectivity index (χ2n) is 2.64. The Hall–Kier alpha value is -0.710. The van der Waals surface area contributed by atoms with E-state index in [0.29, 0.717) is 0 Å². The summed E-state index contributed by atoms with van der Waals surface area (Å²) in [7, 11) is 0. The SMILES string of the molecule is FC1(F)COC1(F)F.FCOC(F)C(F)(F)F. The van der Waals surface area contributed by atoms with E-state index in [1.54, 1.807) is 0 Å². The molecule has 104 valence electrons. The molecule has 0 saturated carbocycles. The van der Waals surface area contributed by atoms with Gasteiger partial charge in [-0.15, -0.1) is 0 Å². The number of alkyl halides is 9. The van der Waals surface area contributed by atoms with Crippen LogP contribution in [-0.2, 0) is 9.47 Å². The van der Waals surface area contributed by atoms with Crippen LogP contribution in [0.5, 0.6) is 0 Å². The molecule has 0 aromatic carbocycles. The second kappa shape index (κ2) is 5.29. The van der Waals surface area contributed by atoms with Crippen molar-refractivity contribution < 1.29 is 49.0 Å². The molecule has 0 bridgehead atoms. The van der Waals surface area contributed by atoms with Gasteiger partial charge in [0.15, 0.2) is 6.86 Å². The zero-order chi connectivity index (χ0) is 13.9. The van der Waals surface area contributed by atoms with Crippen LogP contribution in [0.15, 0.2) is 0 Å². The van der Waals surface area contributed by atoms with Gasteiger partial charge in [0.05, 0.1) is 0 Å². The van der Waals surface area contributed by atoms with Crippen molar-refractivity contribution in [2.24, 2.45) is 0 Å². The van der Waals surface area contributed by atoms with Gasteiger partial charge in [0.1, 0.15) is 6.61 Å². The van der Waals surface area contributed by atoms with Crippen LogP contribution in [0.2, 0.25) is 0 Å². The maximum Gasteiger partial charge on any atom is 0.445 e. The van der Waals surface area contributed by atoms with Crippen molar-refractivity contribution in [3.63, 3.8) is 0 Å². The third-order valence-electron chi connectivity index (χ3n) is 1.33. The average molecular weight is 280 g/mol. The number of hydrogen-bond acceptors (Lipinski definition) is 2. The minimum absolute atomic E-state index is 1.17. The fourth-order valence-corrected chi connectivity index (χ4v) is 0.440. The van der Waals surface area contributed by atoms with E-state index in [1.165, 1.54) is 0 Å². The van der Waals surface area contributed by atoms with Crippen LogP contribution < -0.4 is 0 Å². The van der Waals surface area contributed by atoms with Gasteiger partial charge in [-0.25, -0.2) is 8.78 Å². The van der Waals surface area contributed by atoms with E-state index in [9.17, 15) is 39.5 Å². The van der Waals surface area contributed by atoms with E-state index >= 15 is 0 Å². The topological polar surface area (TPSA) is 18.5 Å². The number of halogens is 9. The summed E-state index contributed by atoms with van der Waals surface area (Å²) in [6, 6.07) is 0. The minimum atomic E-state index is -5.12. The first-order valence-corrected chi connectivity index (χ1v) is 3.72. The fourth-order valence-electron chi connectivity index (χ4n) is 0.440.